The normalized spacial score (nSPS) is 13.2. The Balaban J connectivity index is 1.91. The largest absolute Gasteiger partial charge is 0.493 e. The lowest BCUT2D eigenvalue weighted by Gasteiger charge is -2.21. The maximum Gasteiger partial charge on any atom is 0.159 e. The van der Waals surface area contributed by atoms with Crippen LogP contribution in [0.3, 0.4) is 0 Å². The van der Waals surface area contributed by atoms with Gasteiger partial charge in [0.05, 0.1) is 6.61 Å². The number of hydrogen-bond donors (Lipinski definition) is 0. The Kier molecular flexibility index (Phi) is 5.14. The van der Waals surface area contributed by atoms with Crippen LogP contribution in [-0.2, 0) is 6.42 Å². The number of carbonyl (C=O) groups excluding carboxylic acids is 1. The van der Waals surface area contributed by atoms with Crippen LogP contribution in [0.4, 0.5) is 0 Å². The Hall–Kier alpha value is -2.35. The first-order valence-corrected chi connectivity index (χ1v) is 8.77. The first kappa shape index (κ1) is 16.5. The Labute approximate surface area is 144 Å². The molecule has 0 N–H and O–H groups in total. The van der Waals surface area contributed by atoms with E-state index in [1.165, 1.54) is 16.7 Å². The van der Waals surface area contributed by atoms with E-state index in [1.807, 2.05) is 24.3 Å². The highest BCUT2D eigenvalue weighted by atomic mass is 16.5. The summed E-state index contributed by atoms with van der Waals surface area (Å²) in [5, 5.41) is 0. The van der Waals surface area contributed by atoms with Crippen LogP contribution in [0.5, 0.6) is 5.75 Å². The topological polar surface area (TPSA) is 26.3 Å². The van der Waals surface area contributed by atoms with Crippen molar-refractivity contribution in [1.29, 1.82) is 0 Å². The van der Waals surface area contributed by atoms with Gasteiger partial charge in [-0.2, -0.15) is 0 Å². The summed E-state index contributed by atoms with van der Waals surface area (Å²) >= 11 is 0. The standard InChI is InChI=1S/C22H24O2/c1-3-4-15-24-22-10-6-8-20-19(7-5-9-21(20)22)18-13-11-17(12-14-18)16(2)23/h6-8,10-14H,3-5,9,15H2,1-2H3. The zero-order valence-electron chi connectivity index (χ0n) is 14.5. The smallest absolute Gasteiger partial charge is 0.159 e. The number of ether oxygens (including phenoxy) is 1. The quantitative estimate of drug-likeness (QED) is 0.523. The van der Waals surface area contributed by atoms with Crippen LogP contribution in [0.1, 0.15) is 60.2 Å². The average Bonchev–Trinajstić information content (AvgIpc) is 2.62. The molecule has 24 heavy (non-hydrogen) atoms. The van der Waals surface area contributed by atoms with Gasteiger partial charge in [0.1, 0.15) is 5.75 Å². The van der Waals surface area contributed by atoms with Crippen molar-refractivity contribution < 1.29 is 9.53 Å². The van der Waals surface area contributed by atoms with E-state index < -0.39 is 0 Å². The van der Waals surface area contributed by atoms with Crippen molar-refractivity contribution in [2.45, 2.75) is 39.5 Å². The molecule has 1 aliphatic rings. The third kappa shape index (κ3) is 3.43. The molecule has 0 saturated heterocycles. The molecule has 1 aliphatic carbocycles. The maximum atomic E-state index is 11.5. The van der Waals surface area contributed by atoms with Crippen molar-refractivity contribution in [2.24, 2.45) is 0 Å². The highest BCUT2D eigenvalue weighted by Crippen LogP contribution is 2.36. The fourth-order valence-electron chi connectivity index (χ4n) is 3.17. The highest BCUT2D eigenvalue weighted by molar-refractivity contribution is 5.94. The molecule has 3 rings (SSSR count). The van der Waals surface area contributed by atoms with Crippen LogP contribution in [-0.4, -0.2) is 12.4 Å². The van der Waals surface area contributed by atoms with E-state index in [0.29, 0.717) is 0 Å². The molecule has 2 heteroatoms. The summed E-state index contributed by atoms with van der Waals surface area (Å²) in [7, 11) is 0. The molecule has 0 heterocycles. The summed E-state index contributed by atoms with van der Waals surface area (Å²) in [4.78, 5) is 11.5. The fourth-order valence-corrected chi connectivity index (χ4v) is 3.17. The van der Waals surface area contributed by atoms with Crippen LogP contribution in [0.15, 0.2) is 48.5 Å². The number of allylic oxidation sites excluding steroid dienone is 1. The second-order valence-electron chi connectivity index (χ2n) is 6.27. The van der Waals surface area contributed by atoms with E-state index in [2.05, 4.69) is 31.2 Å². The molecule has 0 amide bonds. The number of benzene rings is 2. The van der Waals surface area contributed by atoms with Gasteiger partial charge in [-0.25, -0.2) is 0 Å². The number of unbranched alkanes of at least 4 members (excludes halogenated alkanes) is 1. The molecule has 2 aromatic carbocycles. The lowest BCUT2D eigenvalue weighted by Crippen LogP contribution is -2.06. The molecule has 0 radical (unpaired) electrons. The van der Waals surface area contributed by atoms with Gasteiger partial charge in [-0.1, -0.05) is 55.8 Å². The zero-order chi connectivity index (χ0) is 16.9. The molecule has 0 spiro atoms. The molecule has 0 aromatic heterocycles. The first-order valence-electron chi connectivity index (χ1n) is 8.77. The van der Waals surface area contributed by atoms with E-state index >= 15 is 0 Å². The van der Waals surface area contributed by atoms with Crippen molar-refractivity contribution >= 4 is 11.4 Å². The van der Waals surface area contributed by atoms with Crippen molar-refractivity contribution in [1.82, 2.24) is 0 Å². The van der Waals surface area contributed by atoms with Crippen molar-refractivity contribution in [3.8, 4) is 5.75 Å². The molecular formula is C22H24O2. The highest BCUT2D eigenvalue weighted by Gasteiger charge is 2.18. The summed E-state index contributed by atoms with van der Waals surface area (Å²) in [5.41, 5.74) is 5.72. The summed E-state index contributed by atoms with van der Waals surface area (Å²) in [6, 6.07) is 14.2. The second-order valence-corrected chi connectivity index (χ2v) is 6.27. The molecule has 0 bridgehead atoms. The molecule has 2 aromatic rings. The van der Waals surface area contributed by atoms with Crippen LogP contribution >= 0.6 is 0 Å². The minimum Gasteiger partial charge on any atom is -0.493 e. The van der Waals surface area contributed by atoms with E-state index in [9.17, 15) is 4.79 Å². The van der Waals surface area contributed by atoms with Crippen molar-refractivity contribution in [3.63, 3.8) is 0 Å². The predicted octanol–water partition coefficient (Wildman–Crippen LogP) is 5.45. The predicted molar refractivity (Wildman–Crippen MR) is 98.7 cm³/mol. The minimum atomic E-state index is 0.103. The Bertz CT molecular complexity index is 754. The van der Waals surface area contributed by atoms with Gasteiger partial charge in [0.15, 0.2) is 5.78 Å². The molecule has 0 atom stereocenters. The fraction of sp³-hybridized carbons (Fsp3) is 0.318. The average molecular weight is 320 g/mol. The van der Waals surface area contributed by atoms with Crippen LogP contribution in [0.2, 0.25) is 0 Å². The van der Waals surface area contributed by atoms with Crippen molar-refractivity contribution in [2.75, 3.05) is 6.61 Å². The van der Waals surface area contributed by atoms with Gasteiger partial charge in [0, 0.05) is 11.1 Å². The molecule has 0 saturated carbocycles. The molecular weight excluding hydrogens is 296 g/mol. The number of ketones is 1. The number of Topliss-reactive ketones (excluding diaryl/α,β-unsaturated/α-hetero) is 1. The van der Waals surface area contributed by atoms with Gasteiger partial charge in [0.2, 0.25) is 0 Å². The lowest BCUT2D eigenvalue weighted by atomic mass is 9.86. The first-order chi connectivity index (χ1) is 11.7. The SMILES string of the molecule is CCCCOc1cccc2c1CCC=C2c1ccc(C(C)=O)cc1. The number of fused-ring (bicyclic) bond motifs is 1. The van der Waals surface area contributed by atoms with E-state index in [-0.39, 0.29) is 5.78 Å². The van der Waals surface area contributed by atoms with E-state index in [4.69, 9.17) is 4.74 Å². The molecule has 0 fully saturated rings. The van der Waals surface area contributed by atoms with Gasteiger partial charge < -0.3 is 4.74 Å². The van der Waals surface area contributed by atoms with Crippen LogP contribution in [0.25, 0.3) is 5.57 Å². The minimum absolute atomic E-state index is 0.103. The number of rotatable bonds is 6. The van der Waals surface area contributed by atoms with Gasteiger partial charge in [0.25, 0.3) is 0 Å². The van der Waals surface area contributed by atoms with Gasteiger partial charge in [-0.15, -0.1) is 0 Å². The van der Waals surface area contributed by atoms with Crippen LogP contribution in [0, 0.1) is 0 Å². The number of carbonyl (C=O) groups is 1. The summed E-state index contributed by atoms with van der Waals surface area (Å²) in [5.74, 6) is 1.12. The van der Waals surface area contributed by atoms with Crippen LogP contribution < -0.4 is 4.74 Å². The summed E-state index contributed by atoms with van der Waals surface area (Å²) < 4.78 is 6.01. The summed E-state index contributed by atoms with van der Waals surface area (Å²) in [6.07, 6.45) is 6.56. The maximum absolute atomic E-state index is 11.5. The Morgan fingerprint density at radius 2 is 1.92 bits per heavy atom. The Morgan fingerprint density at radius 3 is 2.62 bits per heavy atom. The molecule has 0 unspecified atom stereocenters. The molecule has 0 aliphatic heterocycles. The monoisotopic (exact) mass is 320 g/mol. The Morgan fingerprint density at radius 1 is 1.12 bits per heavy atom. The summed E-state index contributed by atoms with van der Waals surface area (Å²) in [6.45, 7) is 4.55. The lowest BCUT2D eigenvalue weighted by molar-refractivity contribution is 0.101. The van der Waals surface area contributed by atoms with Gasteiger partial charge in [-0.3, -0.25) is 4.79 Å². The van der Waals surface area contributed by atoms with Gasteiger partial charge >= 0.3 is 0 Å². The van der Waals surface area contributed by atoms with E-state index in [0.717, 1.165) is 49.2 Å². The molecule has 2 nitrogen and oxygen atoms in total. The number of hydrogen-bond acceptors (Lipinski definition) is 2. The third-order valence-corrected chi connectivity index (χ3v) is 4.52. The molecule has 124 valence electrons. The van der Waals surface area contributed by atoms with E-state index in [1.54, 1.807) is 6.92 Å². The van der Waals surface area contributed by atoms with Gasteiger partial charge in [-0.05, 0) is 49.0 Å². The second kappa shape index (κ2) is 7.48. The third-order valence-electron chi connectivity index (χ3n) is 4.52. The van der Waals surface area contributed by atoms with Crippen molar-refractivity contribution in [3.05, 3.63) is 70.8 Å². The zero-order valence-corrected chi connectivity index (χ0v) is 14.5.